The van der Waals surface area contributed by atoms with Crippen molar-refractivity contribution < 1.29 is 23.4 Å². The quantitative estimate of drug-likeness (QED) is 0.570. The van der Waals surface area contributed by atoms with Crippen molar-refractivity contribution in [3.05, 3.63) is 64.0 Å². The van der Waals surface area contributed by atoms with Crippen molar-refractivity contribution in [3.63, 3.8) is 0 Å². The molecule has 3 N–H and O–H groups in total. The monoisotopic (exact) mass is 470 g/mol. The highest BCUT2D eigenvalue weighted by molar-refractivity contribution is 5.97. The van der Waals surface area contributed by atoms with Crippen molar-refractivity contribution in [2.75, 3.05) is 31.6 Å². The molecule has 1 aliphatic carbocycles. The van der Waals surface area contributed by atoms with Gasteiger partial charge in [-0.2, -0.15) is 0 Å². The average molecular weight is 470 g/mol. The van der Waals surface area contributed by atoms with Gasteiger partial charge >= 0.3 is 5.97 Å². The van der Waals surface area contributed by atoms with Crippen LogP contribution in [0.1, 0.15) is 34.8 Å². The second-order valence-corrected chi connectivity index (χ2v) is 8.93. The summed E-state index contributed by atoms with van der Waals surface area (Å²) >= 11 is 0. The molecule has 2 aliphatic rings. The molecule has 0 bridgehead atoms. The molecule has 2 fully saturated rings. The normalized spacial score (nSPS) is 23.9. The Kier molecular flexibility index (Phi) is 5.27. The van der Waals surface area contributed by atoms with Crippen LogP contribution < -0.4 is 20.8 Å². The maximum Gasteiger partial charge on any atom is 0.341 e. The van der Waals surface area contributed by atoms with Crippen molar-refractivity contribution >= 4 is 22.6 Å². The number of alkyl halides is 1. The number of benzene rings is 1. The van der Waals surface area contributed by atoms with Crippen LogP contribution in [0.3, 0.4) is 0 Å². The first-order chi connectivity index (χ1) is 16.3. The number of hydrogen-bond acceptors (Lipinski definition) is 6. The fraction of sp³-hybridized carbons (Fsp3) is 0.375. The first-order valence-electron chi connectivity index (χ1n) is 11.0. The summed E-state index contributed by atoms with van der Waals surface area (Å²) in [4.78, 5) is 30.4. The fourth-order valence-corrected chi connectivity index (χ4v) is 5.07. The summed E-state index contributed by atoms with van der Waals surface area (Å²) in [5.41, 5.74) is 5.70. The first-order valence-corrected chi connectivity index (χ1v) is 11.0. The molecular formula is C24H24F2N4O4. The van der Waals surface area contributed by atoms with Gasteiger partial charge in [-0.1, -0.05) is 0 Å². The topological polar surface area (TPSA) is 111 Å². The van der Waals surface area contributed by atoms with Crippen LogP contribution in [-0.2, 0) is 5.41 Å². The molecule has 3 atom stereocenters. The molecule has 1 saturated carbocycles. The Morgan fingerprint density at radius 3 is 2.68 bits per heavy atom. The largest absolute Gasteiger partial charge is 0.492 e. The standard InChI is InChI=1S/C24H24F2N4O4/c1-34-22-19-14(21(31)15(23(32)33)10-30(19)18-9-16(18)25)8-17(26)20(22)29-7-4-24(11-27,12-29)13-2-5-28-6-3-13/h2-3,5-6,8,10,16,18H,4,7,9,11-12,27H2,1H3,(H,32,33)/t16-,18?,24?/m0/s1. The van der Waals surface area contributed by atoms with Crippen LogP contribution in [0.2, 0.25) is 0 Å². The molecule has 1 aromatic carbocycles. The number of ether oxygens (including phenoxy) is 1. The fourth-order valence-electron chi connectivity index (χ4n) is 5.07. The number of carbonyl (C=O) groups is 1. The predicted molar refractivity (Wildman–Crippen MR) is 122 cm³/mol. The van der Waals surface area contributed by atoms with Crippen LogP contribution in [-0.4, -0.2) is 53.5 Å². The van der Waals surface area contributed by atoms with Gasteiger partial charge in [-0.05, 0) is 30.2 Å². The summed E-state index contributed by atoms with van der Waals surface area (Å²) in [7, 11) is 1.35. The van der Waals surface area contributed by atoms with Crippen LogP contribution >= 0.6 is 0 Å². The van der Waals surface area contributed by atoms with E-state index >= 15 is 4.39 Å². The molecule has 10 heteroatoms. The number of halogens is 2. The average Bonchev–Trinajstić information content (AvgIpc) is 3.40. The minimum Gasteiger partial charge on any atom is -0.492 e. The third kappa shape index (κ3) is 3.32. The SMILES string of the molecule is COc1c(N2CCC(CN)(c3ccncc3)C2)c(F)cc2c(=O)c(C(=O)O)cn(C3C[C@@H]3F)c12. The number of carboxylic acids is 1. The van der Waals surface area contributed by atoms with Gasteiger partial charge in [0.1, 0.15) is 17.4 Å². The van der Waals surface area contributed by atoms with Gasteiger partial charge in [-0.3, -0.25) is 9.78 Å². The van der Waals surface area contributed by atoms with Crippen molar-refractivity contribution in [2.45, 2.75) is 30.5 Å². The van der Waals surface area contributed by atoms with Crippen molar-refractivity contribution in [1.29, 1.82) is 0 Å². The zero-order chi connectivity index (χ0) is 24.2. The lowest BCUT2D eigenvalue weighted by molar-refractivity contribution is 0.0694. The number of nitrogens with zero attached hydrogens (tertiary/aromatic N) is 3. The summed E-state index contributed by atoms with van der Waals surface area (Å²) in [5.74, 6) is -2.10. The summed E-state index contributed by atoms with van der Waals surface area (Å²) in [6, 6.07) is 4.17. The van der Waals surface area contributed by atoms with Gasteiger partial charge in [0.05, 0.1) is 24.1 Å². The Balaban J connectivity index is 1.70. The minimum absolute atomic E-state index is 0.0747. The number of methoxy groups -OCH3 is 1. The molecule has 3 heterocycles. The number of anilines is 1. The number of hydrogen-bond donors (Lipinski definition) is 2. The van der Waals surface area contributed by atoms with Gasteiger partial charge < -0.3 is 25.0 Å². The summed E-state index contributed by atoms with van der Waals surface area (Å²) in [5, 5.41) is 9.32. The second-order valence-electron chi connectivity index (χ2n) is 8.93. The van der Waals surface area contributed by atoms with Crippen molar-refractivity contribution in [3.8, 4) is 5.75 Å². The van der Waals surface area contributed by atoms with Gasteiger partial charge in [-0.25, -0.2) is 13.6 Å². The molecule has 1 saturated heterocycles. The Morgan fingerprint density at radius 1 is 1.38 bits per heavy atom. The lowest BCUT2D eigenvalue weighted by Crippen LogP contribution is -2.38. The van der Waals surface area contributed by atoms with Gasteiger partial charge in [0.25, 0.3) is 0 Å². The highest BCUT2D eigenvalue weighted by Gasteiger charge is 2.43. The third-order valence-corrected chi connectivity index (χ3v) is 7.02. The number of aromatic nitrogens is 2. The number of aromatic carboxylic acids is 1. The summed E-state index contributed by atoms with van der Waals surface area (Å²) in [6.45, 7) is 1.22. The van der Waals surface area contributed by atoms with E-state index in [1.165, 1.54) is 11.7 Å². The lowest BCUT2D eigenvalue weighted by atomic mass is 9.80. The molecule has 3 aromatic rings. The summed E-state index contributed by atoms with van der Waals surface area (Å²) in [6.07, 6.45) is 4.16. The van der Waals surface area contributed by atoms with E-state index < -0.39 is 40.4 Å². The van der Waals surface area contributed by atoms with Crippen molar-refractivity contribution in [2.24, 2.45) is 5.73 Å². The summed E-state index contributed by atoms with van der Waals surface area (Å²) < 4.78 is 36.7. The number of carboxylic acid groups (broad SMARTS) is 1. The van der Waals surface area contributed by atoms with Crippen LogP contribution in [0.5, 0.6) is 5.75 Å². The highest BCUT2D eigenvalue weighted by Crippen LogP contribution is 2.47. The van der Waals surface area contributed by atoms with Gasteiger partial charge in [0.2, 0.25) is 5.43 Å². The number of rotatable bonds is 6. The molecule has 0 radical (unpaired) electrons. The van der Waals surface area contributed by atoms with Crippen LogP contribution in [0.15, 0.2) is 41.6 Å². The highest BCUT2D eigenvalue weighted by atomic mass is 19.1. The Labute approximate surface area is 193 Å². The third-order valence-electron chi connectivity index (χ3n) is 7.02. The zero-order valence-corrected chi connectivity index (χ0v) is 18.5. The molecule has 5 rings (SSSR count). The first kappa shape index (κ1) is 22.3. The van der Waals surface area contributed by atoms with E-state index in [2.05, 4.69) is 4.98 Å². The maximum atomic E-state index is 15.6. The maximum absolute atomic E-state index is 15.6. The number of nitrogens with two attached hydrogens (primary N) is 1. The van der Waals surface area contributed by atoms with E-state index in [9.17, 15) is 19.1 Å². The van der Waals surface area contributed by atoms with E-state index in [1.54, 1.807) is 12.4 Å². The molecule has 34 heavy (non-hydrogen) atoms. The van der Waals surface area contributed by atoms with Crippen molar-refractivity contribution in [1.82, 2.24) is 9.55 Å². The van der Waals surface area contributed by atoms with E-state index in [1.807, 2.05) is 17.0 Å². The lowest BCUT2D eigenvalue weighted by Gasteiger charge is -2.30. The Morgan fingerprint density at radius 2 is 2.09 bits per heavy atom. The van der Waals surface area contributed by atoms with E-state index in [4.69, 9.17) is 10.5 Å². The number of fused-ring (bicyclic) bond motifs is 1. The molecule has 8 nitrogen and oxygen atoms in total. The molecule has 0 spiro atoms. The van der Waals surface area contributed by atoms with Crippen LogP contribution in [0.25, 0.3) is 10.9 Å². The van der Waals surface area contributed by atoms with Crippen LogP contribution in [0.4, 0.5) is 14.5 Å². The van der Waals surface area contributed by atoms with E-state index in [0.717, 1.165) is 17.8 Å². The molecular weight excluding hydrogens is 446 g/mol. The van der Waals surface area contributed by atoms with E-state index in [0.29, 0.717) is 26.1 Å². The molecule has 0 amide bonds. The predicted octanol–water partition coefficient (Wildman–Crippen LogP) is 2.63. The van der Waals surface area contributed by atoms with Gasteiger partial charge in [0, 0.05) is 50.1 Å². The molecule has 1 aliphatic heterocycles. The molecule has 178 valence electrons. The van der Waals surface area contributed by atoms with E-state index in [-0.39, 0.29) is 28.8 Å². The van der Waals surface area contributed by atoms with Gasteiger partial charge in [0.15, 0.2) is 11.6 Å². The zero-order valence-electron chi connectivity index (χ0n) is 18.5. The van der Waals surface area contributed by atoms with Gasteiger partial charge in [-0.15, -0.1) is 0 Å². The van der Waals surface area contributed by atoms with Crippen LogP contribution in [0, 0.1) is 5.82 Å². The number of pyridine rings is 2. The molecule has 2 aromatic heterocycles. The smallest absolute Gasteiger partial charge is 0.341 e. The Bertz CT molecular complexity index is 1350. The Hall–Kier alpha value is -3.53. The second kappa shape index (κ2) is 8.05. The molecule has 2 unspecified atom stereocenters. The minimum atomic E-state index is -1.45.